The van der Waals surface area contributed by atoms with E-state index in [0.29, 0.717) is 5.56 Å². The number of nitrogens with zero attached hydrogens (tertiary/aromatic N) is 2. The highest BCUT2D eigenvalue weighted by Crippen LogP contribution is 2.27. The molecule has 0 amide bonds. The van der Waals surface area contributed by atoms with Crippen molar-refractivity contribution < 1.29 is 24.1 Å². The van der Waals surface area contributed by atoms with Gasteiger partial charge in [0, 0.05) is 18.2 Å². The minimum absolute atomic E-state index is 0.0204. The van der Waals surface area contributed by atoms with Gasteiger partial charge in [0.1, 0.15) is 6.61 Å². The molecule has 0 saturated heterocycles. The van der Waals surface area contributed by atoms with Gasteiger partial charge >= 0.3 is 11.7 Å². The summed E-state index contributed by atoms with van der Waals surface area (Å²) in [6.07, 6.45) is 0. The Bertz CT molecular complexity index is 804. The highest BCUT2D eigenvalue weighted by Gasteiger charge is 2.19. The molecule has 124 valence electrons. The molecule has 2 aromatic rings. The van der Waals surface area contributed by atoms with Gasteiger partial charge in [-0.1, -0.05) is 12.1 Å². The van der Waals surface area contributed by atoms with E-state index in [1.54, 1.807) is 6.07 Å². The summed E-state index contributed by atoms with van der Waals surface area (Å²) < 4.78 is 9.88. The van der Waals surface area contributed by atoms with Crippen LogP contribution in [-0.4, -0.2) is 22.9 Å². The van der Waals surface area contributed by atoms with E-state index in [4.69, 9.17) is 9.47 Å². The number of carbonyl (C=O) groups excluding carboxylic acids is 1. The van der Waals surface area contributed by atoms with Crippen molar-refractivity contribution in [1.29, 1.82) is 0 Å². The van der Waals surface area contributed by atoms with Gasteiger partial charge in [0.05, 0.1) is 22.5 Å². The summed E-state index contributed by atoms with van der Waals surface area (Å²) in [5.41, 5.74) is -0.0700. The molecular formula is C15H12N2O7. The van der Waals surface area contributed by atoms with E-state index >= 15 is 0 Å². The van der Waals surface area contributed by atoms with Crippen LogP contribution in [0.25, 0.3) is 0 Å². The second kappa shape index (κ2) is 7.18. The van der Waals surface area contributed by atoms with Crippen molar-refractivity contribution in [2.45, 2.75) is 6.61 Å². The van der Waals surface area contributed by atoms with Gasteiger partial charge in [-0.25, -0.2) is 4.79 Å². The van der Waals surface area contributed by atoms with Crippen LogP contribution >= 0.6 is 0 Å². The van der Waals surface area contributed by atoms with Crippen LogP contribution in [0.4, 0.5) is 11.4 Å². The minimum Gasteiger partial charge on any atom is -0.490 e. The van der Waals surface area contributed by atoms with Gasteiger partial charge in [0.25, 0.3) is 5.69 Å². The van der Waals surface area contributed by atoms with Crippen molar-refractivity contribution in [1.82, 2.24) is 0 Å². The molecule has 0 saturated carbocycles. The molecule has 24 heavy (non-hydrogen) atoms. The number of nitro benzene ring substituents is 2. The second-order valence-electron chi connectivity index (χ2n) is 4.65. The van der Waals surface area contributed by atoms with Gasteiger partial charge in [-0.05, 0) is 17.7 Å². The monoisotopic (exact) mass is 332 g/mol. The van der Waals surface area contributed by atoms with Crippen molar-refractivity contribution in [2.24, 2.45) is 0 Å². The van der Waals surface area contributed by atoms with Gasteiger partial charge in [-0.15, -0.1) is 0 Å². The normalized spacial score (nSPS) is 10.0. The third kappa shape index (κ3) is 3.83. The molecular weight excluding hydrogens is 320 g/mol. The van der Waals surface area contributed by atoms with E-state index in [1.165, 1.54) is 37.4 Å². The maximum Gasteiger partial charge on any atom is 0.338 e. The summed E-state index contributed by atoms with van der Waals surface area (Å²) in [7, 11) is 1.28. The zero-order valence-electron chi connectivity index (χ0n) is 12.5. The third-order valence-corrected chi connectivity index (χ3v) is 3.10. The van der Waals surface area contributed by atoms with E-state index < -0.39 is 15.8 Å². The molecule has 0 N–H and O–H groups in total. The maximum absolute atomic E-state index is 12.0. The fraction of sp³-hybridized carbons (Fsp3) is 0.133. The average molecular weight is 332 g/mol. The second-order valence-corrected chi connectivity index (χ2v) is 4.65. The Morgan fingerprint density at radius 2 is 1.83 bits per heavy atom. The third-order valence-electron chi connectivity index (χ3n) is 3.10. The molecule has 0 bridgehead atoms. The SMILES string of the molecule is COc1ccc(C(=O)OCc2cccc([N+](=O)[O-])c2)cc1[N+](=O)[O-]. The first-order valence-electron chi connectivity index (χ1n) is 6.65. The maximum atomic E-state index is 12.0. The number of non-ortho nitro benzene ring substituents is 1. The topological polar surface area (TPSA) is 122 Å². The molecule has 9 heteroatoms. The van der Waals surface area contributed by atoms with Crippen molar-refractivity contribution in [3.8, 4) is 5.75 Å². The Labute approximate surface area is 135 Å². The van der Waals surface area contributed by atoms with E-state index in [2.05, 4.69) is 0 Å². The Hall–Kier alpha value is -3.49. The molecule has 0 fully saturated rings. The van der Waals surface area contributed by atoms with Crippen molar-refractivity contribution in [3.63, 3.8) is 0 Å². The van der Waals surface area contributed by atoms with E-state index in [0.717, 1.165) is 6.07 Å². The lowest BCUT2D eigenvalue weighted by molar-refractivity contribution is -0.385. The largest absolute Gasteiger partial charge is 0.490 e. The Balaban J connectivity index is 2.13. The number of rotatable bonds is 6. The quantitative estimate of drug-likeness (QED) is 0.453. The first kappa shape index (κ1) is 16.9. The number of methoxy groups -OCH3 is 1. The first-order valence-corrected chi connectivity index (χ1v) is 6.65. The van der Waals surface area contributed by atoms with Gasteiger partial charge < -0.3 is 9.47 Å². The van der Waals surface area contributed by atoms with Crippen molar-refractivity contribution in [2.75, 3.05) is 7.11 Å². The van der Waals surface area contributed by atoms with Crippen LogP contribution in [0.2, 0.25) is 0 Å². The molecule has 0 radical (unpaired) electrons. The number of hydrogen-bond donors (Lipinski definition) is 0. The molecule has 0 aliphatic carbocycles. The summed E-state index contributed by atoms with van der Waals surface area (Å²) >= 11 is 0. The molecule has 0 aliphatic heterocycles. The molecule has 0 aromatic heterocycles. The first-order chi connectivity index (χ1) is 11.4. The summed E-state index contributed by atoms with van der Waals surface area (Å²) in [6, 6.07) is 9.32. The zero-order chi connectivity index (χ0) is 17.7. The van der Waals surface area contributed by atoms with E-state index in [1.807, 2.05) is 0 Å². The van der Waals surface area contributed by atoms with Crippen LogP contribution in [-0.2, 0) is 11.3 Å². The number of carbonyl (C=O) groups is 1. The number of nitro groups is 2. The van der Waals surface area contributed by atoms with Crippen LogP contribution in [0.5, 0.6) is 5.75 Å². The number of esters is 1. The lowest BCUT2D eigenvalue weighted by Crippen LogP contribution is -2.06. The molecule has 0 aliphatic rings. The fourth-order valence-electron chi connectivity index (χ4n) is 1.95. The molecule has 0 unspecified atom stereocenters. The molecule has 2 aromatic carbocycles. The minimum atomic E-state index is -0.785. The number of ether oxygens (including phenoxy) is 2. The number of hydrogen-bond acceptors (Lipinski definition) is 7. The van der Waals surface area contributed by atoms with Gasteiger partial charge in [-0.3, -0.25) is 20.2 Å². The molecule has 0 heterocycles. The Kier molecular flexibility index (Phi) is 5.05. The zero-order valence-corrected chi connectivity index (χ0v) is 12.5. The summed E-state index contributed by atoms with van der Waals surface area (Å²) in [5, 5.41) is 21.6. The van der Waals surface area contributed by atoms with Crippen LogP contribution < -0.4 is 4.74 Å². The van der Waals surface area contributed by atoms with Crippen molar-refractivity contribution in [3.05, 3.63) is 73.8 Å². The average Bonchev–Trinajstić information content (AvgIpc) is 2.59. The molecule has 0 spiro atoms. The highest BCUT2D eigenvalue weighted by molar-refractivity contribution is 5.90. The smallest absolute Gasteiger partial charge is 0.338 e. The summed E-state index contributed by atoms with van der Waals surface area (Å²) in [4.78, 5) is 32.4. The summed E-state index contributed by atoms with van der Waals surface area (Å²) in [6.45, 7) is -0.194. The van der Waals surface area contributed by atoms with Crippen LogP contribution in [0, 0.1) is 20.2 Å². The molecule has 9 nitrogen and oxygen atoms in total. The number of benzene rings is 2. The highest BCUT2D eigenvalue weighted by atomic mass is 16.6. The Morgan fingerprint density at radius 1 is 1.08 bits per heavy atom. The van der Waals surface area contributed by atoms with Gasteiger partial charge in [-0.2, -0.15) is 0 Å². The predicted molar refractivity (Wildman–Crippen MR) is 81.9 cm³/mol. The fourth-order valence-corrected chi connectivity index (χ4v) is 1.95. The van der Waals surface area contributed by atoms with Crippen molar-refractivity contribution >= 4 is 17.3 Å². The van der Waals surface area contributed by atoms with Gasteiger partial charge in [0.2, 0.25) is 0 Å². The lowest BCUT2D eigenvalue weighted by Gasteiger charge is -2.06. The van der Waals surface area contributed by atoms with Gasteiger partial charge in [0.15, 0.2) is 5.75 Å². The van der Waals surface area contributed by atoms with E-state index in [-0.39, 0.29) is 29.3 Å². The van der Waals surface area contributed by atoms with Crippen LogP contribution in [0.15, 0.2) is 42.5 Å². The van der Waals surface area contributed by atoms with Crippen LogP contribution in [0.3, 0.4) is 0 Å². The Morgan fingerprint density at radius 3 is 2.46 bits per heavy atom. The lowest BCUT2D eigenvalue weighted by atomic mass is 10.2. The standard InChI is InChI=1S/C15H12N2O7/c1-23-14-6-5-11(8-13(14)17(21)22)15(18)24-9-10-3-2-4-12(7-10)16(19)20/h2-8H,9H2,1H3. The predicted octanol–water partition coefficient (Wildman–Crippen LogP) is 2.87. The summed E-state index contributed by atoms with van der Waals surface area (Å²) in [5.74, 6) is -0.762. The molecule has 0 atom stereocenters. The molecule has 2 rings (SSSR count). The van der Waals surface area contributed by atoms with Crippen LogP contribution in [0.1, 0.15) is 15.9 Å². The van der Waals surface area contributed by atoms with E-state index in [9.17, 15) is 25.0 Å².